The van der Waals surface area contributed by atoms with Crippen molar-refractivity contribution in [3.8, 4) is 11.1 Å². The van der Waals surface area contributed by atoms with Crippen molar-refractivity contribution in [3.63, 3.8) is 0 Å². The lowest BCUT2D eigenvalue weighted by Crippen LogP contribution is -2.19. The molecule has 0 aliphatic carbocycles. The molecule has 0 amide bonds. The molecule has 174 valence electrons. The molecule has 12 heteroatoms. The molecule has 0 spiro atoms. The zero-order valence-electron chi connectivity index (χ0n) is 16.1. The van der Waals surface area contributed by atoms with Crippen LogP contribution in [0.4, 0.5) is 48.3 Å². The van der Waals surface area contributed by atoms with Crippen LogP contribution in [0.3, 0.4) is 0 Å². The summed E-state index contributed by atoms with van der Waals surface area (Å²) in [5, 5.41) is 2.67. The number of benzene rings is 2. The van der Waals surface area contributed by atoms with E-state index in [0.29, 0.717) is 5.92 Å². The van der Waals surface area contributed by atoms with Crippen LogP contribution in [0.15, 0.2) is 0 Å². The van der Waals surface area contributed by atoms with Crippen molar-refractivity contribution in [3.05, 3.63) is 58.2 Å². The fourth-order valence-electron chi connectivity index (χ4n) is 2.54. The number of hydrogen-bond acceptors (Lipinski definition) is 1. The molecule has 0 fully saturated rings. The molecular weight excluding hydrogens is 451 g/mol. The van der Waals surface area contributed by atoms with Crippen LogP contribution in [0.25, 0.3) is 11.1 Å². The van der Waals surface area contributed by atoms with E-state index in [1.54, 1.807) is 0 Å². The number of hydrogen-bond donors (Lipinski definition) is 1. The number of rotatable bonds is 6. The maximum Gasteiger partial charge on any atom is 0.200 e. The van der Waals surface area contributed by atoms with Gasteiger partial charge >= 0.3 is 0 Å². The first kappa shape index (κ1) is 26.7. The Balaban J connectivity index is 0.000000452. The molecule has 0 bridgehead atoms. The highest BCUT2D eigenvalue weighted by Crippen LogP contribution is 2.37. The maximum atomic E-state index is 13.4. The smallest absolute Gasteiger partial charge is 0.200 e. The van der Waals surface area contributed by atoms with E-state index < -0.39 is 76.1 Å². The molecule has 1 atom stereocenters. The van der Waals surface area contributed by atoms with Crippen LogP contribution in [0.2, 0.25) is 0 Å². The standard InChI is InChI=1S/C12F10.C7H16FN/c13-3-1(4(14)8(18)11(21)7(3)17)2-5(15)9(19)12(22)10(20)6(2)16;1-3-4-7(2)5-9-6-8/h;7,9H,3-6H2,1-2H3. The molecule has 2 aromatic rings. The monoisotopic (exact) mass is 467 g/mol. The Bertz CT molecular complexity index is 805. The van der Waals surface area contributed by atoms with E-state index in [4.69, 9.17) is 0 Å². The van der Waals surface area contributed by atoms with Crippen molar-refractivity contribution in [2.75, 3.05) is 13.3 Å². The second kappa shape index (κ2) is 11.3. The predicted molar refractivity (Wildman–Crippen MR) is 89.5 cm³/mol. The normalized spacial score (nSPS) is 11.9. The van der Waals surface area contributed by atoms with Crippen molar-refractivity contribution < 1.29 is 48.3 Å². The zero-order chi connectivity index (χ0) is 24.0. The van der Waals surface area contributed by atoms with E-state index in [-0.39, 0.29) is 0 Å². The van der Waals surface area contributed by atoms with E-state index >= 15 is 0 Å². The van der Waals surface area contributed by atoms with E-state index in [0.717, 1.165) is 6.54 Å². The minimum absolute atomic E-state index is 0.395. The lowest BCUT2D eigenvalue weighted by Gasteiger charge is -2.11. The van der Waals surface area contributed by atoms with Gasteiger partial charge in [0.15, 0.2) is 46.5 Å². The van der Waals surface area contributed by atoms with Gasteiger partial charge in [0.2, 0.25) is 11.6 Å². The van der Waals surface area contributed by atoms with Crippen molar-refractivity contribution >= 4 is 0 Å². The van der Waals surface area contributed by atoms with E-state index in [2.05, 4.69) is 19.2 Å². The molecule has 31 heavy (non-hydrogen) atoms. The molecule has 0 heterocycles. The second-order valence-electron chi connectivity index (χ2n) is 6.37. The minimum Gasteiger partial charge on any atom is -0.290 e. The quantitative estimate of drug-likeness (QED) is 0.216. The molecule has 0 aliphatic heterocycles. The second-order valence-corrected chi connectivity index (χ2v) is 6.37. The Labute approximate surface area is 169 Å². The predicted octanol–water partition coefficient (Wildman–Crippen LogP) is 6.68. The molecule has 1 nitrogen and oxygen atoms in total. The Morgan fingerprint density at radius 2 is 0.871 bits per heavy atom. The molecule has 0 aliphatic rings. The third-order valence-corrected chi connectivity index (χ3v) is 4.04. The van der Waals surface area contributed by atoms with E-state index in [1.165, 1.54) is 12.8 Å². The van der Waals surface area contributed by atoms with Gasteiger partial charge in [0.25, 0.3) is 0 Å². The number of halogens is 11. The highest BCUT2D eigenvalue weighted by molar-refractivity contribution is 5.67. The van der Waals surface area contributed by atoms with Crippen LogP contribution in [0.1, 0.15) is 26.7 Å². The van der Waals surface area contributed by atoms with E-state index in [1.807, 2.05) is 0 Å². The van der Waals surface area contributed by atoms with Crippen LogP contribution < -0.4 is 5.32 Å². The molecule has 1 N–H and O–H groups in total. The highest BCUT2D eigenvalue weighted by Gasteiger charge is 2.34. The molecule has 2 rings (SSSR count). The molecule has 2 aromatic carbocycles. The van der Waals surface area contributed by atoms with Gasteiger partial charge < -0.3 is 0 Å². The summed E-state index contributed by atoms with van der Waals surface area (Å²) in [5.41, 5.74) is -4.52. The van der Waals surface area contributed by atoms with Gasteiger partial charge in [0, 0.05) is 6.54 Å². The van der Waals surface area contributed by atoms with Crippen LogP contribution in [0.5, 0.6) is 0 Å². The molecular formula is C19H16F11N. The lowest BCUT2D eigenvalue weighted by atomic mass is 10.0. The summed E-state index contributed by atoms with van der Waals surface area (Å²) in [6.07, 6.45) is 2.38. The van der Waals surface area contributed by atoms with Crippen molar-refractivity contribution in [2.24, 2.45) is 5.92 Å². The van der Waals surface area contributed by atoms with Crippen LogP contribution in [0, 0.1) is 64.1 Å². The summed E-state index contributed by atoms with van der Waals surface area (Å²) in [5.74, 6) is -26.0. The Morgan fingerprint density at radius 1 is 0.581 bits per heavy atom. The summed E-state index contributed by atoms with van der Waals surface area (Å²) in [7, 11) is 0. The summed E-state index contributed by atoms with van der Waals surface area (Å²) < 4.78 is 143. The SMILES string of the molecule is CCCC(C)CNCF.Fc1c(F)c(F)c(-c2c(F)c(F)c(F)c(F)c2F)c(F)c1F. The van der Waals surface area contributed by atoms with Gasteiger partial charge in [-0.1, -0.05) is 20.3 Å². The average Bonchev–Trinajstić information content (AvgIpc) is 2.75. The Hall–Kier alpha value is -2.37. The summed E-state index contributed by atoms with van der Waals surface area (Å²) in [6.45, 7) is 4.69. The molecule has 0 radical (unpaired) electrons. The van der Waals surface area contributed by atoms with Crippen LogP contribution in [-0.2, 0) is 0 Å². The Kier molecular flexibility index (Phi) is 9.72. The number of alkyl halides is 1. The molecule has 0 saturated carbocycles. The summed E-state index contributed by atoms with van der Waals surface area (Å²) in [6, 6.07) is 0. The largest absolute Gasteiger partial charge is 0.290 e. The number of nitrogens with one attached hydrogen (secondary N) is 1. The molecule has 0 saturated heterocycles. The fraction of sp³-hybridized carbons (Fsp3) is 0.368. The molecule has 0 aromatic heterocycles. The van der Waals surface area contributed by atoms with Gasteiger partial charge in [-0.3, -0.25) is 5.32 Å². The van der Waals surface area contributed by atoms with Gasteiger partial charge in [-0.05, 0) is 12.3 Å². The summed E-state index contributed by atoms with van der Waals surface area (Å²) >= 11 is 0. The first-order valence-corrected chi connectivity index (χ1v) is 8.72. The minimum atomic E-state index is -2.68. The van der Waals surface area contributed by atoms with Crippen LogP contribution in [-0.4, -0.2) is 13.3 Å². The zero-order valence-corrected chi connectivity index (χ0v) is 16.1. The van der Waals surface area contributed by atoms with Crippen molar-refractivity contribution in [2.45, 2.75) is 26.7 Å². The average molecular weight is 467 g/mol. The first-order chi connectivity index (χ1) is 14.4. The van der Waals surface area contributed by atoms with Crippen LogP contribution >= 0.6 is 0 Å². The fourth-order valence-corrected chi connectivity index (χ4v) is 2.54. The third kappa shape index (κ3) is 5.66. The maximum absolute atomic E-state index is 13.4. The first-order valence-electron chi connectivity index (χ1n) is 8.72. The Morgan fingerprint density at radius 3 is 1.13 bits per heavy atom. The topological polar surface area (TPSA) is 12.0 Å². The van der Waals surface area contributed by atoms with Gasteiger partial charge in [-0.15, -0.1) is 0 Å². The molecule has 1 unspecified atom stereocenters. The van der Waals surface area contributed by atoms with Gasteiger partial charge in [0.1, 0.15) is 6.80 Å². The third-order valence-electron chi connectivity index (χ3n) is 4.04. The van der Waals surface area contributed by atoms with Crippen molar-refractivity contribution in [1.29, 1.82) is 0 Å². The van der Waals surface area contributed by atoms with Gasteiger partial charge in [0.05, 0.1) is 11.1 Å². The van der Waals surface area contributed by atoms with E-state index in [9.17, 15) is 48.3 Å². The van der Waals surface area contributed by atoms with Crippen molar-refractivity contribution in [1.82, 2.24) is 5.32 Å². The van der Waals surface area contributed by atoms with Gasteiger partial charge in [-0.2, -0.15) is 0 Å². The highest BCUT2D eigenvalue weighted by atomic mass is 19.2. The summed E-state index contributed by atoms with van der Waals surface area (Å²) in [4.78, 5) is 0. The van der Waals surface area contributed by atoms with Gasteiger partial charge in [-0.25, -0.2) is 48.3 Å². The lowest BCUT2D eigenvalue weighted by molar-refractivity contribution is 0.370.